The molecule has 0 radical (unpaired) electrons. The average molecular weight is 230 g/mol. The van der Waals surface area contributed by atoms with Crippen molar-refractivity contribution >= 4 is 17.1 Å². The number of carbonyl (C=O) groups excluding carboxylic acids is 1. The molecule has 0 amide bonds. The second kappa shape index (κ2) is 3.79. The third-order valence-corrected chi connectivity index (χ3v) is 3.54. The summed E-state index contributed by atoms with van der Waals surface area (Å²) in [6.45, 7) is 0. The molecule has 3 rings (SSSR count). The van der Waals surface area contributed by atoms with Gasteiger partial charge in [-0.15, -0.1) is 11.3 Å². The molecule has 0 aliphatic heterocycles. The van der Waals surface area contributed by atoms with Gasteiger partial charge in [-0.25, -0.2) is 9.97 Å². The lowest BCUT2D eigenvalue weighted by atomic mass is 9.94. The number of thiazole rings is 1. The molecule has 1 aliphatic carbocycles. The Bertz CT molecular complexity index is 534. The number of hydrogen-bond donors (Lipinski definition) is 0. The number of pyridine rings is 1. The average Bonchev–Trinajstić information content (AvgIpc) is 2.82. The number of fused-ring (bicyclic) bond motifs is 1. The first-order chi connectivity index (χ1) is 7.84. The maximum Gasteiger partial charge on any atom is 0.164 e. The minimum absolute atomic E-state index is 0.222. The van der Waals surface area contributed by atoms with Gasteiger partial charge in [-0.3, -0.25) is 4.79 Å². The van der Waals surface area contributed by atoms with Crippen molar-refractivity contribution in [2.75, 3.05) is 0 Å². The zero-order valence-electron chi connectivity index (χ0n) is 8.64. The number of Topliss-reactive ketones (excluding diaryl/α,β-unsaturated/α-hetero) is 1. The minimum Gasteiger partial charge on any atom is -0.294 e. The molecule has 4 heteroatoms. The van der Waals surface area contributed by atoms with Crippen molar-refractivity contribution in [3.05, 3.63) is 35.0 Å². The lowest BCUT2D eigenvalue weighted by molar-refractivity contribution is 0.0971. The Hall–Kier alpha value is -1.55. The number of aromatic nitrogens is 2. The van der Waals surface area contributed by atoms with Crippen LogP contribution in [0.5, 0.6) is 0 Å². The molecule has 2 aromatic heterocycles. The number of nitrogens with zero attached hydrogens (tertiary/aromatic N) is 2. The van der Waals surface area contributed by atoms with E-state index in [4.69, 9.17) is 0 Å². The largest absolute Gasteiger partial charge is 0.294 e. The maximum absolute atomic E-state index is 11.6. The summed E-state index contributed by atoms with van der Waals surface area (Å²) in [7, 11) is 0. The van der Waals surface area contributed by atoms with Gasteiger partial charge in [0, 0.05) is 23.6 Å². The van der Waals surface area contributed by atoms with Crippen LogP contribution in [0.2, 0.25) is 0 Å². The van der Waals surface area contributed by atoms with Crippen LogP contribution in [0, 0.1) is 0 Å². The van der Waals surface area contributed by atoms with E-state index in [1.807, 2.05) is 17.5 Å². The highest BCUT2D eigenvalue weighted by Crippen LogP contribution is 2.25. The summed E-state index contributed by atoms with van der Waals surface area (Å²) < 4.78 is 0. The van der Waals surface area contributed by atoms with Crippen molar-refractivity contribution in [1.29, 1.82) is 0 Å². The first-order valence-corrected chi connectivity index (χ1v) is 6.15. The van der Waals surface area contributed by atoms with Gasteiger partial charge in [0.05, 0.1) is 11.4 Å². The third kappa shape index (κ3) is 1.55. The lowest BCUT2D eigenvalue weighted by Gasteiger charge is -2.13. The smallest absolute Gasteiger partial charge is 0.164 e. The first-order valence-electron chi connectivity index (χ1n) is 5.27. The van der Waals surface area contributed by atoms with E-state index in [2.05, 4.69) is 9.97 Å². The van der Waals surface area contributed by atoms with Crippen molar-refractivity contribution < 1.29 is 4.79 Å². The second-order valence-corrected chi connectivity index (χ2v) is 4.70. The van der Waals surface area contributed by atoms with Crippen LogP contribution in [0.3, 0.4) is 0 Å². The number of ketones is 1. The van der Waals surface area contributed by atoms with Crippen LogP contribution in [-0.2, 0) is 6.42 Å². The molecule has 2 heterocycles. The van der Waals surface area contributed by atoms with Crippen molar-refractivity contribution in [2.24, 2.45) is 0 Å². The van der Waals surface area contributed by atoms with Crippen molar-refractivity contribution in [2.45, 2.75) is 19.3 Å². The van der Waals surface area contributed by atoms with Gasteiger partial charge < -0.3 is 0 Å². The van der Waals surface area contributed by atoms with Crippen LogP contribution in [0.25, 0.3) is 10.7 Å². The monoisotopic (exact) mass is 230 g/mol. The van der Waals surface area contributed by atoms with E-state index in [1.54, 1.807) is 17.5 Å². The van der Waals surface area contributed by atoms with Gasteiger partial charge in [-0.05, 0) is 25.0 Å². The van der Waals surface area contributed by atoms with E-state index in [0.717, 1.165) is 34.8 Å². The lowest BCUT2D eigenvalue weighted by Crippen LogP contribution is -2.12. The predicted octanol–water partition coefficient (Wildman–Crippen LogP) is 2.72. The molecule has 16 heavy (non-hydrogen) atoms. The molecule has 0 saturated carbocycles. The summed E-state index contributed by atoms with van der Waals surface area (Å²) >= 11 is 1.57. The van der Waals surface area contributed by atoms with Crippen LogP contribution in [0.1, 0.15) is 28.9 Å². The fourth-order valence-corrected chi connectivity index (χ4v) is 2.57. The standard InChI is InChI=1S/C12H10N2OS/c15-11-3-1-2-9-8(11)4-5-10(14-9)12-13-6-7-16-12/h4-7H,1-3H2. The minimum atomic E-state index is 0.222. The van der Waals surface area contributed by atoms with Gasteiger partial charge in [-0.1, -0.05) is 0 Å². The van der Waals surface area contributed by atoms with E-state index in [9.17, 15) is 4.79 Å². The molecule has 0 saturated heterocycles. The normalized spacial score (nSPS) is 14.9. The molecule has 80 valence electrons. The summed E-state index contributed by atoms with van der Waals surface area (Å²) in [5, 5.41) is 2.85. The van der Waals surface area contributed by atoms with Gasteiger partial charge in [0.15, 0.2) is 5.78 Å². The van der Waals surface area contributed by atoms with Crippen LogP contribution >= 0.6 is 11.3 Å². The molecule has 0 spiro atoms. The predicted molar refractivity (Wildman–Crippen MR) is 62.6 cm³/mol. The maximum atomic E-state index is 11.6. The quantitative estimate of drug-likeness (QED) is 0.756. The van der Waals surface area contributed by atoms with E-state index in [1.165, 1.54) is 0 Å². The van der Waals surface area contributed by atoms with Gasteiger partial charge >= 0.3 is 0 Å². The summed E-state index contributed by atoms with van der Waals surface area (Å²) in [5.74, 6) is 0.222. The van der Waals surface area contributed by atoms with Gasteiger partial charge in [-0.2, -0.15) is 0 Å². The van der Waals surface area contributed by atoms with Crippen molar-refractivity contribution in [3.8, 4) is 10.7 Å². The number of rotatable bonds is 1. The number of hydrogen-bond acceptors (Lipinski definition) is 4. The van der Waals surface area contributed by atoms with E-state index >= 15 is 0 Å². The highest BCUT2D eigenvalue weighted by Gasteiger charge is 2.18. The molecule has 0 bridgehead atoms. The summed E-state index contributed by atoms with van der Waals surface area (Å²) in [4.78, 5) is 20.4. The van der Waals surface area contributed by atoms with Crippen molar-refractivity contribution in [3.63, 3.8) is 0 Å². The molecule has 0 unspecified atom stereocenters. The van der Waals surface area contributed by atoms with Crippen LogP contribution in [0.4, 0.5) is 0 Å². The second-order valence-electron chi connectivity index (χ2n) is 3.80. The molecular weight excluding hydrogens is 220 g/mol. The van der Waals surface area contributed by atoms with E-state index in [-0.39, 0.29) is 5.78 Å². The Morgan fingerprint density at radius 1 is 1.25 bits per heavy atom. The fourth-order valence-electron chi connectivity index (χ4n) is 1.97. The molecule has 0 aromatic carbocycles. The van der Waals surface area contributed by atoms with Crippen molar-refractivity contribution in [1.82, 2.24) is 9.97 Å². The molecule has 1 aliphatic rings. The molecule has 3 nitrogen and oxygen atoms in total. The molecular formula is C12H10N2OS. The molecule has 0 atom stereocenters. The zero-order valence-corrected chi connectivity index (χ0v) is 9.46. The van der Waals surface area contributed by atoms with Crippen LogP contribution in [-0.4, -0.2) is 15.8 Å². The highest BCUT2D eigenvalue weighted by atomic mass is 32.1. The highest BCUT2D eigenvalue weighted by molar-refractivity contribution is 7.13. The van der Waals surface area contributed by atoms with Crippen LogP contribution in [0.15, 0.2) is 23.7 Å². The topological polar surface area (TPSA) is 42.9 Å². The van der Waals surface area contributed by atoms with Gasteiger partial charge in [0.2, 0.25) is 0 Å². The van der Waals surface area contributed by atoms with Gasteiger partial charge in [0.1, 0.15) is 5.01 Å². The van der Waals surface area contributed by atoms with E-state index < -0.39 is 0 Å². The Morgan fingerprint density at radius 2 is 2.19 bits per heavy atom. The van der Waals surface area contributed by atoms with Gasteiger partial charge in [0.25, 0.3) is 0 Å². The Morgan fingerprint density at radius 3 is 3.00 bits per heavy atom. The first kappa shape index (κ1) is 9.66. The fraction of sp³-hybridized carbons (Fsp3) is 0.250. The summed E-state index contributed by atoms with van der Waals surface area (Å²) in [5.41, 5.74) is 2.61. The zero-order chi connectivity index (χ0) is 11.0. The Kier molecular flexibility index (Phi) is 2.29. The Labute approximate surface area is 97.2 Å². The molecule has 0 fully saturated rings. The number of carbonyl (C=O) groups is 1. The van der Waals surface area contributed by atoms with Crippen LogP contribution < -0.4 is 0 Å². The Balaban J connectivity index is 2.08. The molecule has 2 aromatic rings. The molecule has 0 N–H and O–H groups in total. The third-order valence-electron chi connectivity index (χ3n) is 2.74. The number of aryl methyl sites for hydroxylation is 1. The summed E-state index contributed by atoms with van der Waals surface area (Å²) in [6, 6.07) is 3.78. The summed E-state index contributed by atoms with van der Waals surface area (Å²) in [6.07, 6.45) is 4.25. The SMILES string of the molecule is O=C1CCCc2nc(-c3nccs3)ccc21. The van der Waals surface area contributed by atoms with E-state index in [0.29, 0.717) is 6.42 Å².